The van der Waals surface area contributed by atoms with E-state index < -0.39 is 10.0 Å². The molecule has 2 rings (SSSR count). The molecule has 0 aliphatic carbocycles. The Morgan fingerprint density at radius 1 is 1.22 bits per heavy atom. The molecule has 1 heterocycles. The van der Waals surface area contributed by atoms with Gasteiger partial charge in [-0.3, -0.25) is 9.48 Å². The maximum Gasteiger partial charge on any atom is 0.246 e. The summed E-state index contributed by atoms with van der Waals surface area (Å²) in [5.74, 6) is -0.229. The highest BCUT2D eigenvalue weighted by Gasteiger charge is 2.21. The van der Waals surface area contributed by atoms with Crippen LogP contribution in [0.4, 0.5) is 5.69 Å². The van der Waals surface area contributed by atoms with E-state index in [2.05, 4.69) is 10.4 Å². The largest absolute Gasteiger partial charge is 0.324 e. The van der Waals surface area contributed by atoms with Gasteiger partial charge in [0.15, 0.2) is 0 Å². The average Bonchev–Trinajstić information content (AvgIpc) is 3.01. The van der Waals surface area contributed by atoms with Crippen LogP contribution >= 0.6 is 0 Å². The number of anilines is 1. The van der Waals surface area contributed by atoms with E-state index in [1.54, 1.807) is 44.4 Å². The molecule has 0 bridgehead atoms. The molecular formula is C15H20N4O3S. The van der Waals surface area contributed by atoms with Crippen molar-refractivity contribution in [2.75, 3.05) is 18.4 Å². The molecule has 1 amide bonds. The number of nitrogens with one attached hydrogen (secondary N) is 1. The second-order valence-corrected chi connectivity index (χ2v) is 6.80. The Balaban J connectivity index is 2.06. The van der Waals surface area contributed by atoms with Crippen molar-refractivity contribution < 1.29 is 13.2 Å². The van der Waals surface area contributed by atoms with Crippen molar-refractivity contribution in [1.82, 2.24) is 14.1 Å². The Morgan fingerprint density at radius 2 is 1.87 bits per heavy atom. The minimum absolute atomic E-state index is 0.104. The lowest BCUT2D eigenvalue weighted by Crippen LogP contribution is -2.30. The van der Waals surface area contributed by atoms with E-state index in [9.17, 15) is 13.2 Å². The summed E-state index contributed by atoms with van der Waals surface area (Å²) in [6, 6.07) is 7.89. The van der Waals surface area contributed by atoms with Crippen molar-refractivity contribution in [2.45, 2.75) is 25.3 Å². The van der Waals surface area contributed by atoms with Gasteiger partial charge in [0, 0.05) is 31.2 Å². The van der Waals surface area contributed by atoms with Gasteiger partial charge in [-0.2, -0.15) is 9.40 Å². The van der Waals surface area contributed by atoms with Crippen LogP contribution in [0.2, 0.25) is 0 Å². The molecule has 0 atom stereocenters. The van der Waals surface area contributed by atoms with Crippen LogP contribution in [0.1, 0.15) is 13.8 Å². The minimum Gasteiger partial charge on any atom is -0.324 e. The lowest BCUT2D eigenvalue weighted by Gasteiger charge is -2.18. The summed E-state index contributed by atoms with van der Waals surface area (Å²) in [5, 5.41) is 6.66. The average molecular weight is 336 g/mol. The fourth-order valence-corrected chi connectivity index (χ4v) is 3.62. The SMILES string of the molecule is CCN(CC)S(=O)(=O)c1ccc(NC(=O)Cn2cccn2)cc1. The predicted molar refractivity (Wildman–Crippen MR) is 87.4 cm³/mol. The summed E-state index contributed by atoms with van der Waals surface area (Å²) in [6.07, 6.45) is 3.29. The van der Waals surface area contributed by atoms with Gasteiger partial charge in [0.1, 0.15) is 6.54 Å². The second kappa shape index (κ2) is 7.38. The minimum atomic E-state index is -3.48. The van der Waals surface area contributed by atoms with Gasteiger partial charge in [-0.25, -0.2) is 8.42 Å². The highest BCUT2D eigenvalue weighted by Crippen LogP contribution is 2.18. The Kier molecular flexibility index (Phi) is 5.51. The topological polar surface area (TPSA) is 84.3 Å². The lowest BCUT2D eigenvalue weighted by molar-refractivity contribution is -0.116. The first-order valence-corrected chi connectivity index (χ1v) is 8.79. The third-order valence-electron chi connectivity index (χ3n) is 3.35. The number of carbonyl (C=O) groups excluding carboxylic acids is 1. The number of sulfonamides is 1. The molecule has 0 aliphatic heterocycles. The number of amides is 1. The summed E-state index contributed by atoms with van der Waals surface area (Å²) in [5.41, 5.74) is 0.542. The summed E-state index contributed by atoms with van der Waals surface area (Å²) in [7, 11) is -3.48. The fourth-order valence-electron chi connectivity index (χ4n) is 2.16. The van der Waals surface area contributed by atoms with Crippen molar-refractivity contribution in [3.05, 3.63) is 42.7 Å². The van der Waals surface area contributed by atoms with E-state index in [-0.39, 0.29) is 17.3 Å². The smallest absolute Gasteiger partial charge is 0.246 e. The van der Waals surface area contributed by atoms with Crippen molar-refractivity contribution >= 4 is 21.6 Å². The van der Waals surface area contributed by atoms with Crippen molar-refractivity contribution in [1.29, 1.82) is 0 Å². The molecule has 8 heteroatoms. The molecule has 124 valence electrons. The molecule has 1 N–H and O–H groups in total. The molecule has 7 nitrogen and oxygen atoms in total. The predicted octanol–water partition coefficient (Wildman–Crippen LogP) is 1.55. The van der Waals surface area contributed by atoms with Crippen molar-refractivity contribution in [3.8, 4) is 0 Å². The van der Waals surface area contributed by atoms with E-state index in [4.69, 9.17) is 0 Å². The normalized spacial score (nSPS) is 11.6. The molecular weight excluding hydrogens is 316 g/mol. The third-order valence-corrected chi connectivity index (χ3v) is 5.41. The Bertz CT molecular complexity index is 736. The molecule has 23 heavy (non-hydrogen) atoms. The molecule has 0 unspecified atom stereocenters. The highest BCUT2D eigenvalue weighted by molar-refractivity contribution is 7.89. The van der Waals surface area contributed by atoms with Crippen molar-refractivity contribution in [2.24, 2.45) is 0 Å². The van der Waals surface area contributed by atoms with Crippen LogP contribution in [0.3, 0.4) is 0 Å². The first-order valence-electron chi connectivity index (χ1n) is 7.35. The van der Waals surface area contributed by atoms with Crippen LogP contribution in [0.5, 0.6) is 0 Å². The molecule has 0 saturated heterocycles. The number of hydrogen-bond donors (Lipinski definition) is 1. The van der Waals surface area contributed by atoms with E-state index in [0.29, 0.717) is 18.8 Å². The van der Waals surface area contributed by atoms with Crippen LogP contribution in [-0.2, 0) is 21.4 Å². The second-order valence-electron chi connectivity index (χ2n) is 4.87. The Hall–Kier alpha value is -2.19. The highest BCUT2D eigenvalue weighted by atomic mass is 32.2. The van der Waals surface area contributed by atoms with E-state index >= 15 is 0 Å². The van der Waals surface area contributed by atoms with Gasteiger partial charge in [-0.05, 0) is 30.3 Å². The third kappa shape index (κ3) is 4.17. The van der Waals surface area contributed by atoms with Crippen molar-refractivity contribution in [3.63, 3.8) is 0 Å². The van der Waals surface area contributed by atoms with Gasteiger partial charge < -0.3 is 5.32 Å². The molecule has 0 saturated carbocycles. The monoisotopic (exact) mass is 336 g/mol. The quantitative estimate of drug-likeness (QED) is 0.831. The molecule has 2 aromatic rings. The molecule has 0 aliphatic rings. The zero-order valence-electron chi connectivity index (χ0n) is 13.1. The Labute approximate surface area is 136 Å². The number of hydrogen-bond acceptors (Lipinski definition) is 4. The van der Waals surface area contributed by atoms with Crippen LogP contribution in [-0.4, -0.2) is 41.5 Å². The molecule has 0 radical (unpaired) electrons. The van der Waals surface area contributed by atoms with Gasteiger partial charge in [0.25, 0.3) is 0 Å². The van der Waals surface area contributed by atoms with Gasteiger partial charge in [-0.15, -0.1) is 0 Å². The summed E-state index contributed by atoms with van der Waals surface area (Å²) in [6.45, 7) is 4.53. The summed E-state index contributed by atoms with van der Waals surface area (Å²) in [4.78, 5) is 12.1. The lowest BCUT2D eigenvalue weighted by atomic mass is 10.3. The number of benzene rings is 1. The number of rotatable bonds is 7. The summed E-state index contributed by atoms with van der Waals surface area (Å²) >= 11 is 0. The summed E-state index contributed by atoms with van der Waals surface area (Å²) < 4.78 is 27.6. The van der Waals surface area contributed by atoms with Gasteiger partial charge >= 0.3 is 0 Å². The van der Waals surface area contributed by atoms with Crippen LogP contribution in [0.15, 0.2) is 47.6 Å². The van der Waals surface area contributed by atoms with Crippen LogP contribution < -0.4 is 5.32 Å². The maximum atomic E-state index is 12.4. The van der Waals surface area contributed by atoms with Crippen LogP contribution in [0, 0.1) is 0 Å². The molecule has 0 fully saturated rings. The van der Waals surface area contributed by atoms with Gasteiger partial charge in [0.05, 0.1) is 4.90 Å². The van der Waals surface area contributed by atoms with E-state index in [1.165, 1.54) is 21.1 Å². The number of carbonyl (C=O) groups is 1. The van der Waals surface area contributed by atoms with E-state index in [1.807, 2.05) is 0 Å². The number of nitrogens with zero attached hydrogens (tertiary/aromatic N) is 3. The first kappa shape index (κ1) is 17.2. The zero-order valence-corrected chi connectivity index (χ0v) is 14.0. The van der Waals surface area contributed by atoms with Crippen LogP contribution in [0.25, 0.3) is 0 Å². The first-order chi connectivity index (χ1) is 11.0. The molecule has 0 spiro atoms. The maximum absolute atomic E-state index is 12.4. The fraction of sp³-hybridized carbons (Fsp3) is 0.333. The number of aromatic nitrogens is 2. The van der Waals surface area contributed by atoms with Gasteiger partial charge in [0.2, 0.25) is 15.9 Å². The zero-order chi connectivity index (χ0) is 16.9. The Morgan fingerprint density at radius 3 is 2.39 bits per heavy atom. The molecule has 1 aromatic heterocycles. The molecule has 1 aromatic carbocycles. The standard InChI is InChI=1S/C15H20N4O3S/c1-3-19(4-2)23(21,22)14-8-6-13(7-9-14)17-15(20)12-18-11-5-10-16-18/h5-11H,3-4,12H2,1-2H3,(H,17,20). The van der Waals surface area contributed by atoms with E-state index in [0.717, 1.165) is 0 Å². The van der Waals surface area contributed by atoms with Gasteiger partial charge in [-0.1, -0.05) is 13.8 Å².